The van der Waals surface area contributed by atoms with Crippen LogP contribution in [-0.4, -0.2) is 37.8 Å². The zero-order valence-electron chi connectivity index (χ0n) is 12.2. The second-order valence-electron chi connectivity index (χ2n) is 5.98. The Kier molecular flexibility index (Phi) is 3.67. The fraction of sp³-hybridized carbons (Fsp3) is 0.643. The number of nitrogens with one attached hydrogen (secondary N) is 2. The fourth-order valence-corrected chi connectivity index (χ4v) is 3.16. The largest absolute Gasteiger partial charge is 0.396 e. The second kappa shape index (κ2) is 5.48. The minimum atomic E-state index is -0.277. The van der Waals surface area contributed by atoms with E-state index < -0.39 is 0 Å². The second-order valence-corrected chi connectivity index (χ2v) is 5.98. The molecule has 0 saturated heterocycles. The van der Waals surface area contributed by atoms with Crippen LogP contribution in [-0.2, 0) is 0 Å². The Hall–Kier alpha value is -1.89. The van der Waals surface area contributed by atoms with Crippen LogP contribution in [0.4, 0.5) is 5.82 Å². The molecule has 0 unspecified atom stereocenters. The van der Waals surface area contributed by atoms with Crippen molar-refractivity contribution in [2.24, 2.45) is 5.41 Å². The summed E-state index contributed by atoms with van der Waals surface area (Å²) in [6.07, 6.45) is 5.67. The highest BCUT2D eigenvalue weighted by atomic mass is 16.3. The minimum absolute atomic E-state index is 0.0504. The van der Waals surface area contributed by atoms with Crippen LogP contribution in [0.2, 0.25) is 0 Å². The van der Waals surface area contributed by atoms with Crippen molar-refractivity contribution < 1.29 is 5.11 Å². The molecule has 1 aliphatic carbocycles. The van der Waals surface area contributed by atoms with Crippen LogP contribution in [0.1, 0.15) is 37.9 Å². The molecule has 2 aromatic heterocycles. The van der Waals surface area contributed by atoms with Crippen LogP contribution in [0.5, 0.6) is 0 Å². The first-order valence-corrected chi connectivity index (χ1v) is 7.43. The van der Waals surface area contributed by atoms with Crippen molar-refractivity contribution in [3.8, 4) is 0 Å². The number of rotatable bonds is 4. The van der Waals surface area contributed by atoms with Gasteiger partial charge < -0.3 is 10.4 Å². The third kappa shape index (κ3) is 2.65. The van der Waals surface area contributed by atoms with Gasteiger partial charge in [0.05, 0.1) is 6.61 Å². The van der Waals surface area contributed by atoms with E-state index in [0.29, 0.717) is 23.8 Å². The lowest BCUT2D eigenvalue weighted by Gasteiger charge is -2.35. The SMILES string of the molecule is Cc1nc(NCC2(CO)CCCCC2)cc2n[nH]c(=O)n12. The van der Waals surface area contributed by atoms with Crippen molar-refractivity contribution in [1.82, 2.24) is 19.6 Å². The number of H-pyrrole nitrogens is 1. The summed E-state index contributed by atoms with van der Waals surface area (Å²) >= 11 is 0. The molecule has 1 aliphatic rings. The van der Waals surface area contributed by atoms with E-state index in [9.17, 15) is 9.90 Å². The summed E-state index contributed by atoms with van der Waals surface area (Å²) in [7, 11) is 0. The van der Waals surface area contributed by atoms with Crippen molar-refractivity contribution in [1.29, 1.82) is 0 Å². The van der Waals surface area contributed by atoms with E-state index in [4.69, 9.17) is 0 Å². The van der Waals surface area contributed by atoms with E-state index in [-0.39, 0.29) is 17.7 Å². The van der Waals surface area contributed by atoms with Gasteiger partial charge in [-0.05, 0) is 19.8 Å². The molecular formula is C14H21N5O2. The number of aliphatic hydroxyl groups is 1. The van der Waals surface area contributed by atoms with Gasteiger partial charge in [0.1, 0.15) is 11.6 Å². The van der Waals surface area contributed by atoms with Crippen molar-refractivity contribution in [3.63, 3.8) is 0 Å². The monoisotopic (exact) mass is 291 g/mol. The number of nitrogens with zero attached hydrogens (tertiary/aromatic N) is 3. The first-order chi connectivity index (χ1) is 10.1. The number of hydrogen-bond donors (Lipinski definition) is 3. The van der Waals surface area contributed by atoms with Gasteiger partial charge in [-0.25, -0.2) is 19.3 Å². The number of anilines is 1. The number of aromatic amines is 1. The van der Waals surface area contributed by atoms with E-state index in [1.54, 1.807) is 13.0 Å². The molecular weight excluding hydrogens is 270 g/mol. The van der Waals surface area contributed by atoms with Crippen LogP contribution >= 0.6 is 0 Å². The van der Waals surface area contributed by atoms with Crippen molar-refractivity contribution >= 4 is 11.5 Å². The Morgan fingerprint density at radius 2 is 2.19 bits per heavy atom. The molecule has 0 amide bonds. The van der Waals surface area contributed by atoms with E-state index in [1.165, 1.54) is 23.7 Å². The van der Waals surface area contributed by atoms with Gasteiger partial charge in [0.2, 0.25) is 0 Å². The zero-order valence-corrected chi connectivity index (χ0v) is 12.2. The maximum Gasteiger partial charge on any atom is 0.349 e. The van der Waals surface area contributed by atoms with Crippen molar-refractivity contribution in [3.05, 3.63) is 22.4 Å². The highest BCUT2D eigenvalue weighted by Gasteiger charge is 2.31. The topological polar surface area (TPSA) is 95.3 Å². The molecule has 0 spiro atoms. The van der Waals surface area contributed by atoms with Gasteiger partial charge in [-0.15, -0.1) is 0 Å². The highest BCUT2D eigenvalue weighted by molar-refractivity contribution is 5.49. The number of aryl methyl sites for hydroxylation is 1. The van der Waals surface area contributed by atoms with Crippen LogP contribution in [0, 0.1) is 12.3 Å². The molecule has 0 atom stereocenters. The normalized spacial score (nSPS) is 18.0. The maximum atomic E-state index is 11.6. The maximum absolute atomic E-state index is 11.6. The summed E-state index contributed by atoms with van der Waals surface area (Å²) < 4.78 is 1.44. The Morgan fingerprint density at radius 1 is 1.43 bits per heavy atom. The molecule has 2 heterocycles. The quantitative estimate of drug-likeness (QED) is 0.783. The van der Waals surface area contributed by atoms with Crippen LogP contribution in [0.3, 0.4) is 0 Å². The van der Waals surface area contributed by atoms with Crippen molar-refractivity contribution in [2.45, 2.75) is 39.0 Å². The first kappa shape index (κ1) is 14.1. The lowest BCUT2D eigenvalue weighted by Crippen LogP contribution is -2.35. The number of fused-ring (bicyclic) bond motifs is 1. The molecule has 3 N–H and O–H groups in total. The summed E-state index contributed by atoms with van der Waals surface area (Å²) in [5.41, 5.74) is 0.225. The highest BCUT2D eigenvalue weighted by Crippen LogP contribution is 2.35. The minimum Gasteiger partial charge on any atom is -0.396 e. The molecule has 1 fully saturated rings. The average molecular weight is 291 g/mol. The Morgan fingerprint density at radius 3 is 2.90 bits per heavy atom. The van der Waals surface area contributed by atoms with Gasteiger partial charge in [0, 0.05) is 18.0 Å². The molecule has 1 saturated carbocycles. The molecule has 2 aromatic rings. The predicted molar refractivity (Wildman–Crippen MR) is 79.4 cm³/mol. The Labute approximate surface area is 122 Å². The van der Waals surface area contributed by atoms with E-state index >= 15 is 0 Å². The van der Waals surface area contributed by atoms with Gasteiger partial charge in [0.15, 0.2) is 5.65 Å². The third-order valence-corrected chi connectivity index (χ3v) is 4.46. The van der Waals surface area contributed by atoms with Crippen LogP contribution < -0.4 is 11.0 Å². The van der Waals surface area contributed by atoms with Crippen LogP contribution in [0.15, 0.2) is 10.9 Å². The van der Waals surface area contributed by atoms with Gasteiger partial charge >= 0.3 is 5.69 Å². The summed E-state index contributed by atoms with van der Waals surface area (Å²) in [5, 5.41) is 19.4. The summed E-state index contributed by atoms with van der Waals surface area (Å²) in [6, 6.07) is 1.75. The number of hydrogen-bond acceptors (Lipinski definition) is 5. The lowest BCUT2D eigenvalue weighted by atomic mass is 9.74. The first-order valence-electron chi connectivity index (χ1n) is 7.43. The zero-order chi connectivity index (χ0) is 14.9. The molecule has 7 nitrogen and oxygen atoms in total. The third-order valence-electron chi connectivity index (χ3n) is 4.46. The molecule has 0 radical (unpaired) electrons. The summed E-state index contributed by atoms with van der Waals surface area (Å²) in [6.45, 7) is 2.67. The van der Waals surface area contributed by atoms with E-state index in [2.05, 4.69) is 20.5 Å². The lowest BCUT2D eigenvalue weighted by molar-refractivity contribution is 0.0943. The molecule has 3 rings (SSSR count). The van der Waals surface area contributed by atoms with E-state index in [0.717, 1.165) is 12.8 Å². The number of aliphatic hydroxyl groups excluding tert-OH is 1. The molecule has 0 aromatic carbocycles. The van der Waals surface area contributed by atoms with Gasteiger partial charge in [-0.3, -0.25) is 0 Å². The molecule has 7 heteroatoms. The van der Waals surface area contributed by atoms with E-state index in [1.807, 2.05) is 0 Å². The summed E-state index contributed by atoms with van der Waals surface area (Å²) in [5.74, 6) is 1.29. The summed E-state index contributed by atoms with van der Waals surface area (Å²) in [4.78, 5) is 16.0. The Bertz CT molecular complexity index is 684. The molecule has 0 bridgehead atoms. The van der Waals surface area contributed by atoms with Gasteiger partial charge in [-0.1, -0.05) is 19.3 Å². The van der Waals surface area contributed by atoms with Gasteiger partial charge in [-0.2, -0.15) is 5.10 Å². The molecule has 0 aliphatic heterocycles. The van der Waals surface area contributed by atoms with Crippen molar-refractivity contribution in [2.75, 3.05) is 18.5 Å². The molecule has 114 valence electrons. The fourth-order valence-electron chi connectivity index (χ4n) is 3.16. The predicted octanol–water partition coefficient (Wildman–Crippen LogP) is 1.08. The Balaban J connectivity index is 1.80. The standard InChI is InChI=1S/C14H21N5O2/c1-10-16-11(7-12-17-18-13(21)19(10)12)15-8-14(9-20)5-3-2-4-6-14/h7,15,20H,2-6,8-9H2,1H3,(H,18,21). The van der Waals surface area contributed by atoms with Crippen LogP contribution in [0.25, 0.3) is 5.65 Å². The smallest absolute Gasteiger partial charge is 0.349 e. The molecule has 21 heavy (non-hydrogen) atoms. The van der Waals surface area contributed by atoms with Gasteiger partial charge in [0.25, 0.3) is 0 Å². The average Bonchev–Trinajstić information content (AvgIpc) is 2.88. The number of aromatic nitrogens is 4.